The molecule has 6 nitrogen and oxygen atoms in total. The van der Waals surface area contributed by atoms with Crippen LogP contribution in [-0.4, -0.2) is 33.3 Å². The normalized spacial score (nSPS) is 10.3. The molecule has 1 aromatic heterocycles. The molecule has 0 fully saturated rings. The molecule has 0 spiro atoms. The van der Waals surface area contributed by atoms with Crippen LogP contribution in [0.15, 0.2) is 5.16 Å². The predicted octanol–water partition coefficient (Wildman–Crippen LogP) is 2.40. The van der Waals surface area contributed by atoms with Gasteiger partial charge in [-0.05, 0) is 34.0 Å². The number of nitrogens with zero attached hydrogens (tertiary/aromatic N) is 3. The van der Waals surface area contributed by atoms with Crippen LogP contribution in [0.1, 0.15) is 27.7 Å². The van der Waals surface area contributed by atoms with E-state index < -0.39 is 0 Å². The van der Waals surface area contributed by atoms with Crippen LogP contribution in [0.25, 0.3) is 0 Å². The molecule has 5 N–H and O–H groups in total. The zero-order valence-electron chi connectivity index (χ0n) is 11.1. The molecule has 0 unspecified atom stereocenters. The minimum atomic E-state index is 0. The average Bonchev–Trinajstić information content (AvgIpc) is 2.14. The summed E-state index contributed by atoms with van der Waals surface area (Å²) in [6, 6.07) is 0.619. The van der Waals surface area contributed by atoms with Crippen molar-refractivity contribution in [2.24, 2.45) is 0 Å². The topological polar surface area (TPSA) is 97.7 Å². The minimum absolute atomic E-state index is 0. The molecule has 0 atom stereocenters. The number of anilines is 2. The van der Waals surface area contributed by atoms with Gasteiger partial charge < -0.3 is 16.8 Å². The van der Waals surface area contributed by atoms with Crippen LogP contribution in [-0.2, 0) is 0 Å². The third-order valence-corrected chi connectivity index (χ3v) is 2.18. The van der Waals surface area contributed by atoms with Gasteiger partial charge in [0.1, 0.15) is 0 Å². The maximum absolute atomic E-state index is 4.30. The van der Waals surface area contributed by atoms with Gasteiger partial charge in [-0.25, -0.2) is 0 Å². The van der Waals surface area contributed by atoms with Gasteiger partial charge in [0.2, 0.25) is 11.9 Å². The lowest BCUT2D eigenvalue weighted by atomic mass is 10.4. The third-order valence-electron chi connectivity index (χ3n) is 1.63. The fourth-order valence-electron chi connectivity index (χ4n) is 1.09. The van der Waals surface area contributed by atoms with Crippen molar-refractivity contribution in [2.45, 2.75) is 44.9 Å². The van der Waals surface area contributed by atoms with E-state index in [1.807, 2.05) is 6.26 Å². The highest BCUT2D eigenvalue weighted by atomic mass is 32.2. The summed E-state index contributed by atoms with van der Waals surface area (Å²) in [6.07, 6.45) is 1.95. The van der Waals surface area contributed by atoms with Crippen molar-refractivity contribution >= 4 is 23.7 Å². The largest absolute Gasteiger partial charge is 0.352 e. The molecule has 0 bridgehead atoms. The number of rotatable bonds is 5. The summed E-state index contributed by atoms with van der Waals surface area (Å²) in [5.41, 5.74) is 0. The standard InChI is InChI=1S/C10H19N5S.H3N/c1-6(2)11-8-13-9(12-7(3)4)15-10(14-8)16-5;/h6-7H,1-5H3,(H2,11,12,13,14,15);1H3. The Kier molecular flexibility index (Phi) is 6.82. The molecule has 0 saturated carbocycles. The molecule has 0 radical (unpaired) electrons. The van der Waals surface area contributed by atoms with Gasteiger partial charge in [0.15, 0.2) is 5.16 Å². The Balaban J connectivity index is 0.00000256. The fourth-order valence-corrected chi connectivity index (χ4v) is 1.45. The zero-order valence-corrected chi connectivity index (χ0v) is 11.9. The first kappa shape index (κ1) is 15.9. The van der Waals surface area contributed by atoms with E-state index in [-0.39, 0.29) is 6.15 Å². The molecular weight excluding hydrogens is 236 g/mol. The van der Waals surface area contributed by atoms with Crippen molar-refractivity contribution in [1.82, 2.24) is 21.1 Å². The smallest absolute Gasteiger partial charge is 0.228 e. The molecule has 0 aromatic carbocycles. The Morgan fingerprint density at radius 3 is 1.59 bits per heavy atom. The van der Waals surface area contributed by atoms with Crippen molar-refractivity contribution < 1.29 is 0 Å². The summed E-state index contributed by atoms with van der Waals surface area (Å²) < 4.78 is 0. The molecule has 1 rings (SSSR count). The van der Waals surface area contributed by atoms with E-state index in [4.69, 9.17) is 0 Å². The van der Waals surface area contributed by atoms with E-state index >= 15 is 0 Å². The van der Waals surface area contributed by atoms with Crippen molar-refractivity contribution in [3.63, 3.8) is 0 Å². The highest BCUT2D eigenvalue weighted by molar-refractivity contribution is 7.98. The summed E-state index contributed by atoms with van der Waals surface area (Å²) in [5, 5.41) is 7.08. The molecule has 0 saturated heterocycles. The monoisotopic (exact) mass is 258 g/mol. The minimum Gasteiger partial charge on any atom is -0.352 e. The lowest BCUT2D eigenvalue weighted by Crippen LogP contribution is -2.17. The second kappa shape index (κ2) is 7.29. The lowest BCUT2D eigenvalue weighted by Gasteiger charge is -2.12. The molecule has 98 valence electrons. The Bertz CT molecular complexity index is 313. The Morgan fingerprint density at radius 2 is 1.29 bits per heavy atom. The zero-order chi connectivity index (χ0) is 12.1. The molecule has 0 amide bonds. The first-order valence-corrected chi connectivity index (χ1v) is 6.57. The van der Waals surface area contributed by atoms with Crippen LogP contribution < -0.4 is 16.8 Å². The lowest BCUT2D eigenvalue weighted by molar-refractivity contribution is 0.813. The van der Waals surface area contributed by atoms with Crippen LogP contribution in [0.5, 0.6) is 0 Å². The van der Waals surface area contributed by atoms with E-state index in [0.717, 1.165) is 5.16 Å². The van der Waals surface area contributed by atoms with Gasteiger partial charge in [-0.3, -0.25) is 0 Å². The van der Waals surface area contributed by atoms with Crippen LogP contribution in [0, 0.1) is 0 Å². The Morgan fingerprint density at radius 1 is 0.882 bits per heavy atom. The van der Waals surface area contributed by atoms with Crippen LogP contribution >= 0.6 is 11.8 Å². The summed E-state index contributed by atoms with van der Waals surface area (Å²) in [5.74, 6) is 1.25. The van der Waals surface area contributed by atoms with Crippen molar-refractivity contribution in [3.8, 4) is 0 Å². The summed E-state index contributed by atoms with van der Waals surface area (Å²) >= 11 is 1.51. The second-order valence-corrected chi connectivity index (χ2v) is 4.84. The average molecular weight is 258 g/mol. The number of hydrogen-bond acceptors (Lipinski definition) is 7. The van der Waals surface area contributed by atoms with Gasteiger partial charge in [0, 0.05) is 12.1 Å². The van der Waals surface area contributed by atoms with E-state index in [1.54, 1.807) is 0 Å². The molecule has 17 heavy (non-hydrogen) atoms. The summed E-state index contributed by atoms with van der Waals surface area (Å²) in [4.78, 5) is 12.9. The highest BCUT2D eigenvalue weighted by Crippen LogP contribution is 2.14. The number of hydrogen-bond donors (Lipinski definition) is 3. The molecule has 0 aliphatic rings. The molecule has 7 heteroatoms. The van der Waals surface area contributed by atoms with E-state index in [1.165, 1.54) is 11.8 Å². The quantitative estimate of drug-likeness (QED) is 0.697. The van der Waals surface area contributed by atoms with Gasteiger partial charge in [0.25, 0.3) is 0 Å². The van der Waals surface area contributed by atoms with Crippen LogP contribution in [0.3, 0.4) is 0 Å². The summed E-state index contributed by atoms with van der Waals surface area (Å²) in [6.45, 7) is 8.21. The third kappa shape index (κ3) is 5.69. The van der Waals surface area contributed by atoms with Gasteiger partial charge in [-0.1, -0.05) is 11.8 Å². The SMILES string of the molecule is CSc1nc(NC(C)C)nc(NC(C)C)n1.N. The second-order valence-electron chi connectivity index (χ2n) is 4.07. The maximum atomic E-state index is 4.30. The fraction of sp³-hybridized carbons (Fsp3) is 0.700. The van der Waals surface area contributed by atoms with E-state index in [2.05, 4.69) is 53.3 Å². The highest BCUT2D eigenvalue weighted by Gasteiger charge is 2.07. The molecule has 1 aromatic rings. The number of nitrogens with one attached hydrogen (secondary N) is 2. The van der Waals surface area contributed by atoms with E-state index in [0.29, 0.717) is 24.0 Å². The predicted molar refractivity (Wildman–Crippen MR) is 74.1 cm³/mol. The van der Waals surface area contributed by atoms with Crippen LogP contribution in [0.2, 0.25) is 0 Å². The van der Waals surface area contributed by atoms with Crippen molar-refractivity contribution in [2.75, 3.05) is 16.9 Å². The molecule has 0 aliphatic carbocycles. The van der Waals surface area contributed by atoms with Crippen molar-refractivity contribution in [3.05, 3.63) is 0 Å². The maximum Gasteiger partial charge on any atom is 0.228 e. The first-order chi connectivity index (χ1) is 7.51. The molecule has 1 heterocycles. The number of aromatic nitrogens is 3. The van der Waals surface area contributed by atoms with Gasteiger partial charge in [-0.2, -0.15) is 15.0 Å². The Hall–Kier alpha value is -1.08. The summed E-state index contributed by atoms with van der Waals surface area (Å²) in [7, 11) is 0. The first-order valence-electron chi connectivity index (χ1n) is 5.34. The number of thioether (sulfide) groups is 1. The van der Waals surface area contributed by atoms with Gasteiger partial charge in [0.05, 0.1) is 0 Å². The van der Waals surface area contributed by atoms with Crippen LogP contribution in [0.4, 0.5) is 11.9 Å². The Labute approximate surface area is 107 Å². The molecular formula is C10H22N6S. The molecule has 0 aliphatic heterocycles. The van der Waals surface area contributed by atoms with Gasteiger partial charge in [-0.15, -0.1) is 0 Å². The van der Waals surface area contributed by atoms with E-state index in [9.17, 15) is 0 Å². The van der Waals surface area contributed by atoms with Gasteiger partial charge >= 0.3 is 0 Å². The van der Waals surface area contributed by atoms with Crippen molar-refractivity contribution in [1.29, 1.82) is 0 Å².